The smallest absolute Gasteiger partial charge is 0.253 e. The maximum atomic E-state index is 13.8. The molecular weight excluding hydrogens is 309 g/mol. The number of carbonyl (C=O) groups excluding carboxylic acids is 1. The summed E-state index contributed by atoms with van der Waals surface area (Å²) in [5.74, 6) is -1.21. The van der Waals surface area contributed by atoms with Crippen LogP contribution in [-0.2, 0) is 7.05 Å². The highest BCUT2D eigenvalue weighted by Crippen LogP contribution is 2.28. The molecule has 2 aromatic heterocycles. The molecule has 0 aliphatic carbocycles. The van der Waals surface area contributed by atoms with E-state index < -0.39 is 11.7 Å². The van der Waals surface area contributed by atoms with Crippen LogP contribution < -0.4 is 11.1 Å². The minimum absolute atomic E-state index is 0.0360. The van der Waals surface area contributed by atoms with Crippen LogP contribution in [0, 0.1) is 5.82 Å². The van der Waals surface area contributed by atoms with E-state index in [1.165, 1.54) is 12.1 Å². The zero-order valence-electron chi connectivity index (χ0n) is 11.5. The van der Waals surface area contributed by atoms with Crippen molar-refractivity contribution in [1.29, 1.82) is 0 Å². The summed E-state index contributed by atoms with van der Waals surface area (Å²) in [6.45, 7) is 0. The van der Waals surface area contributed by atoms with Crippen molar-refractivity contribution >= 4 is 40.0 Å². The highest BCUT2D eigenvalue weighted by molar-refractivity contribution is 6.28. The Kier molecular flexibility index (Phi) is 3.42. The molecule has 0 aliphatic rings. The van der Waals surface area contributed by atoms with Crippen LogP contribution in [0.25, 0.3) is 11.0 Å². The molecule has 0 unspecified atom stereocenters. The summed E-state index contributed by atoms with van der Waals surface area (Å²) in [7, 11) is 1.81. The number of nitrogens with zero attached hydrogens (tertiary/aromatic N) is 3. The zero-order valence-corrected chi connectivity index (χ0v) is 12.2. The van der Waals surface area contributed by atoms with Gasteiger partial charge in [-0.3, -0.25) is 4.79 Å². The SMILES string of the molecule is Cn1ccc2c(Nc3cccc(F)c3C(N)=O)nc(Cl)nc21. The number of aromatic nitrogens is 3. The fourth-order valence-corrected chi connectivity index (χ4v) is 2.38. The zero-order chi connectivity index (χ0) is 15.9. The van der Waals surface area contributed by atoms with Crippen molar-refractivity contribution in [3.8, 4) is 0 Å². The van der Waals surface area contributed by atoms with Crippen LogP contribution in [0.5, 0.6) is 0 Å². The number of carbonyl (C=O) groups is 1. The second kappa shape index (κ2) is 5.27. The Bertz CT molecular complexity index is 892. The van der Waals surface area contributed by atoms with Gasteiger partial charge in [-0.15, -0.1) is 0 Å². The highest BCUT2D eigenvalue weighted by atomic mass is 35.5. The highest BCUT2D eigenvalue weighted by Gasteiger charge is 2.16. The van der Waals surface area contributed by atoms with Crippen LogP contribution in [0.2, 0.25) is 5.28 Å². The van der Waals surface area contributed by atoms with Gasteiger partial charge in [-0.1, -0.05) is 6.07 Å². The number of anilines is 2. The van der Waals surface area contributed by atoms with E-state index in [4.69, 9.17) is 17.3 Å². The molecule has 0 fully saturated rings. The molecule has 0 atom stereocenters. The van der Waals surface area contributed by atoms with Crippen LogP contribution in [0.15, 0.2) is 30.5 Å². The van der Waals surface area contributed by atoms with Gasteiger partial charge >= 0.3 is 0 Å². The van der Waals surface area contributed by atoms with Crippen molar-refractivity contribution in [2.45, 2.75) is 0 Å². The number of primary amides is 1. The number of rotatable bonds is 3. The van der Waals surface area contributed by atoms with Gasteiger partial charge in [0.2, 0.25) is 5.28 Å². The van der Waals surface area contributed by atoms with E-state index in [-0.39, 0.29) is 16.5 Å². The molecule has 0 radical (unpaired) electrons. The van der Waals surface area contributed by atoms with Crippen molar-refractivity contribution in [1.82, 2.24) is 14.5 Å². The van der Waals surface area contributed by atoms with E-state index in [1.54, 1.807) is 16.8 Å². The number of hydrogen-bond donors (Lipinski definition) is 2. The standard InChI is InChI=1S/C14H11ClFN5O/c1-21-6-5-7-12(19-14(15)20-13(7)21)18-9-4-2-3-8(16)10(9)11(17)22/h2-6H,1H3,(H2,17,22)(H,18,19,20). The number of fused-ring (bicyclic) bond motifs is 1. The summed E-state index contributed by atoms with van der Waals surface area (Å²) in [4.78, 5) is 19.7. The molecule has 0 aliphatic heterocycles. The predicted octanol–water partition coefficient (Wildman–Crippen LogP) is 2.60. The lowest BCUT2D eigenvalue weighted by Gasteiger charge is -2.11. The molecule has 1 aromatic carbocycles. The molecular formula is C14H11ClFN5O. The lowest BCUT2D eigenvalue weighted by atomic mass is 10.1. The topological polar surface area (TPSA) is 85.8 Å². The van der Waals surface area contributed by atoms with Crippen LogP contribution in [0.1, 0.15) is 10.4 Å². The summed E-state index contributed by atoms with van der Waals surface area (Å²) in [6.07, 6.45) is 1.79. The molecule has 3 aromatic rings. The average molecular weight is 320 g/mol. The van der Waals surface area contributed by atoms with Crippen molar-refractivity contribution in [2.24, 2.45) is 12.8 Å². The van der Waals surface area contributed by atoms with E-state index in [1.807, 2.05) is 7.05 Å². The number of hydrogen-bond acceptors (Lipinski definition) is 4. The van der Waals surface area contributed by atoms with Crippen LogP contribution >= 0.6 is 11.6 Å². The number of halogens is 2. The van der Waals surface area contributed by atoms with Gasteiger partial charge < -0.3 is 15.6 Å². The van der Waals surface area contributed by atoms with Crippen LogP contribution in [-0.4, -0.2) is 20.4 Å². The molecule has 0 saturated heterocycles. The summed E-state index contributed by atoms with van der Waals surface area (Å²) >= 11 is 5.91. The second-order valence-electron chi connectivity index (χ2n) is 4.66. The quantitative estimate of drug-likeness (QED) is 0.727. The average Bonchev–Trinajstić information content (AvgIpc) is 2.80. The maximum absolute atomic E-state index is 13.8. The molecule has 3 rings (SSSR count). The minimum atomic E-state index is -0.870. The molecule has 2 heterocycles. The van der Waals surface area contributed by atoms with Crippen molar-refractivity contribution in [3.05, 3.63) is 47.1 Å². The number of nitrogens with one attached hydrogen (secondary N) is 1. The Morgan fingerprint density at radius 3 is 2.86 bits per heavy atom. The minimum Gasteiger partial charge on any atom is -0.365 e. The van der Waals surface area contributed by atoms with Crippen molar-refractivity contribution in [2.75, 3.05) is 5.32 Å². The van der Waals surface area contributed by atoms with Gasteiger partial charge in [0, 0.05) is 13.2 Å². The maximum Gasteiger partial charge on any atom is 0.253 e. The lowest BCUT2D eigenvalue weighted by Crippen LogP contribution is -2.15. The summed E-state index contributed by atoms with van der Waals surface area (Å²) in [5.41, 5.74) is 5.82. The predicted molar refractivity (Wildman–Crippen MR) is 81.7 cm³/mol. The third-order valence-electron chi connectivity index (χ3n) is 3.21. The van der Waals surface area contributed by atoms with E-state index in [0.29, 0.717) is 16.9 Å². The summed E-state index contributed by atoms with van der Waals surface area (Å²) in [5, 5.41) is 3.62. The van der Waals surface area contributed by atoms with Gasteiger partial charge in [-0.25, -0.2) is 4.39 Å². The van der Waals surface area contributed by atoms with E-state index in [0.717, 1.165) is 6.07 Å². The first-order valence-electron chi connectivity index (χ1n) is 6.31. The largest absolute Gasteiger partial charge is 0.365 e. The normalized spacial score (nSPS) is 10.9. The van der Waals surface area contributed by atoms with Gasteiger partial charge in [-0.05, 0) is 29.8 Å². The second-order valence-corrected chi connectivity index (χ2v) is 4.99. The van der Waals surface area contributed by atoms with Crippen molar-refractivity contribution in [3.63, 3.8) is 0 Å². The van der Waals surface area contributed by atoms with Gasteiger partial charge in [0.25, 0.3) is 5.91 Å². The number of benzene rings is 1. The first-order valence-corrected chi connectivity index (χ1v) is 6.69. The Morgan fingerprint density at radius 2 is 2.14 bits per heavy atom. The van der Waals surface area contributed by atoms with Gasteiger partial charge in [0.1, 0.15) is 17.3 Å². The monoisotopic (exact) mass is 319 g/mol. The molecule has 0 spiro atoms. The summed E-state index contributed by atoms with van der Waals surface area (Å²) in [6, 6.07) is 5.95. The molecule has 6 nitrogen and oxygen atoms in total. The molecule has 0 bridgehead atoms. The van der Waals surface area contributed by atoms with Crippen LogP contribution in [0.3, 0.4) is 0 Å². The molecule has 1 amide bonds. The van der Waals surface area contributed by atoms with Crippen LogP contribution in [0.4, 0.5) is 15.9 Å². The first-order chi connectivity index (χ1) is 10.5. The molecule has 3 N–H and O–H groups in total. The first kappa shape index (κ1) is 14.3. The molecule has 8 heteroatoms. The Balaban J connectivity index is 2.15. The lowest BCUT2D eigenvalue weighted by molar-refractivity contribution is 0.0997. The van der Waals surface area contributed by atoms with E-state index >= 15 is 0 Å². The molecule has 112 valence electrons. The third kappa shape index (κ3) is 2.35. The molecule has 0 saturated carbocycles. The van der Waals surface area contributed by atoms with E-state index in [9.17, 15) is 9.18 Å². The number of nitrogens with two attached hydrogens (primary N) is 1. The Labute approximate surface area is 129 Å². The number of amides is 1. The molecule has 22 heavy (non-hydrogen) atoms. The van der Waals surface area contributed by atoms with Gasteiger partial charge in [0.05, 0.1) is 16.6 Å². The van der Waals surface area contributed by atoms with Crippen molar-refractivity contribution < 1.29 is 9.18 Å². The van der Waals surface area contributed by atoms with E-state index in [2.05, 4.69) is 15.3 Å². The Morgan fingerprint density at radius 1 is 1.36 bits per heavy atom. The van der Waals surface area contributed by atoms with Gasteiger partial charge in [-0.2, -0.15) is 9.97 Å². The third-order valence-corrected chi connectivity index (χ3v) is 3.38. The number of aryl methyl sites for hydroxylation is 1. The Hall–Kier alpha value is -2.67. The van der Waals surface area contributed by atoms with Gasteiger partial charge in [0.15, 0.2) is 0 Å². The summed E-state index contributed by atoms with van der Waals surface area (Å²) < 4.78 is 15.6. The fraction of sp³-hybridized carbons (Fsp3) is 0.0714. The fourth-order valence-electron chi connectivity index (χ4n) is 2.21.